The van der Waals surface area contributed by atoms with E-state index >= 15 is 0 Å². The Balaban J connectivity index is 1.39. The molecule has 3 atom stereocenters. The van der Waals surface area contributed by atoms with Gasteiger partial charge in [0, 0.05) is 7.05 Å². The molecule has 0 spiro atoms. The van der Waals surface area contributed by atoms with E-state index in [1.165, 1.54) is 11.3 Å². The van der Waals surface area contributed by atoms with Crippen molar-refractivity contribution in [2.75, 3.05) is 13.7 Å². The van der Waals surface area contributed by atoms with E-state index in [2.05, 4.69) is 10.3 Å². The SMILES string of the molecule is CN(C(=O)[C@@H]1COC(C)(C)O1)[C@@H]1c2ccccc2C[C@H]1NC(=O)c1cc2sc(Cl)c(Cl)c2[nH]1. The van der Waals surface area contributed by atoms with E-state index in [0.29, 0.717) is 27.0 Å². The molecule has 2 aromatic heterocycles. The van der Waals surface area contributed by atoms with Crippen LogP contribution in [0.2, 0.25) is 9.36 Å². The lowest BCUT2D eigenvalue weighted by Crippen LogP contribution is -2.48. The van der Waals surface area contributed by atoms with Crippen molar-refractivity contribution in [3.05, 3.63) is 56.5 Å². The molecule has 0 radical (unpaired) electrons. The van der Waals surface area contributed by atoms with Gasteiger partial charge in [-0.25, -0.2) is 0 Å². The van der Waals surface area contributed by atoms with Crippen molar-refractivity contribution in [2.45, 2.75) is 44.2 Å². The van der Waals surface area contributed by atoms with Gasteiger partial charge in [0.15, 0.2) is 11.9 Å². The van der Waals surface area contributed by atoms with Crippen molar-refractivity contribution < 1.29 is 19.1 Å². The Hall–Kier alpha value is -2.10. The van der Waals surface area contributed by atoms with Crippen LogP contribution in [0.1, 0.15) is 41.5 Å². The Kier molecular flexibility index (Phi) is 5.69. The summed E-state index contributed by atoms with van der Waals surface area (Å²) in [5, 5.41) is 3.52. The first kappa shape index (κ1) is 22.7. The fourth-order valence-corrected chi connectivity index (χ4v) is 6.12. The second kappa shape index (κ2) is 8.29. The number of nitrogens with one attached hydrogen (secondary N) is 2. The maximum atomic E-state index is 13.3. The third kappa shape index (κ3) is 4.04. The molecule has 1 fully saturated rings. The largest absolute Gasteiger partial charge is 0.349 e. The van der Waals surface area contributed by atoms with Gasteiger partial charge < -0.3 is 24.7 Å². The molecule has 33 heavy (non-hydrogen) atoms. The van der Waals surface area contributed by atoms with Crippen LogP contribution in [0, 0.1) is 0 Å². The van der Waals surface area contributed by atoms with Gasteiger partial charge in [0.1, 0.15) is 10.0 Å². The Labute approximate surface area is 204 Å². The summed E-state index contributed by atoms with van der Waals surface area (Å²) in [7, 11) is 1.75. The molecule has 10 heteroatoms. The van der Waals surface area contributed by atoms with Crippen molar-refractivity contribution >= 4 is 56.6 Å². The first-order valence-corrected chi connectivity index (χ1v) is 12.2. The number of aromatic amines is 1. The minimum atomic E-state index is -0.799. The molecule has 1 saturated heterocycles. The van der Waals surface area contributed by atoms with Gasteiger partial charge in [-0.3, -0.25) is 9.59 Å². The third-order valence-electron chi connectivity index (χ3n) is 6.18. The summed E-state index contributed by atoms with van der Waals surface area (Å²) in [5.41, 5.74) is 3.15. The quantitative estimate of drug-likeness (QED) is 0.542. The van der Waals surface area contributed by atoms with Crippen molar-refractivity contribution in [1.82, 2.24) is 15.2 Å². The van der Waals surface area contributed by atoms with Crippen molar-refractivity contribution in [3.63, 3.8) is 0 Å². The number of likely N-dealkylation sites (N-methyl/N-ethyl adjacent to an activating group) is 1. The number of hydrogen-bond donors (Lipinski definition) is 2. The molecule has 2 amide bonds. The molecule has 174 valence electrons. The molecule has 3 heterocycles. The van der Waals surface area contributed by atoms with E-state index < -0.39 is 11.9 Å². The molecule has 1 aromatic carbocycles. The van der Waals surface area contributed by atoms with Gasteiger partial charge in [-0.05, 0) is 37.5 Å². The lowest BCUT2D eigenvalue weighted by Gasteiger charge is -2.32. The molecule has 7 nitrogen and oxygen atoms in total. The zero-order chi connectivity index (χ0) is 23.5. The summed E-state index contributed by atoms with van der Waals surface area (Å²) in [4.78, 5) is 31.1. The number of carbonyl (C=O) groups excluding carboxylic acids is 2. The van der Waals surface area contributed by atoms with Crippen LogP contribution in [0.25, 0.3) is 10.2 Å². The third-order valence-corrected chi connectivity index (χ3v) is 8.11. The van der Waals surface area contributed by atoms with Gasteiger partial charge in [0.05, 0.1) is 33.9 Å². The van der Waals surface area contributed by atoms with Crippen LogP contribution in [0.5, 0.6) is 0 Å². The zero-order valence-corrected chi connectivity index (χ0v) is 20.6. The van der Waals surface area contributed by atoms with E-state index in [0.717, 1.165) is 15.8 Å². The Morgan fingerprint density at radius 3 is 2.73 bits per heavy atom. The fourth-order valence-electron chi connectivity index (χ4n) is 4.64. The predicted octanol–water partition coefficient (Wildman–Crippen LogP) is 4.54. The molecular weight excluding hydrogens is 485 g/mol. The Bertz CT molecular complexity index is 1250. The first-order valence-electron chi connectivity index (χ1n) is 10.6. The maximum Gasteiger partial charge on any atom is 0.268 e. The molecule has 0 saturated carbocycles. The van der Waals surface area contributed by atoms with Crippen LogP contribution in [-0.4, -0.2) is 53.3 Å². The first-order chi connectivity index (χ1) is 15.6. The van der Waals surface area contributed by atoms with E-state index in [4.69, 9.17) is 32.7 Å². The number of aromatic nitrogens is 1. The number of halogens is 2. The van der Waals surface area contributed by atoms with E-state index in [-0.39, 0.29) is 30.5 Å². The molecule has 1 aliphatic heterocycles. The molecule has 5 rings (SSSR count). The fraction of sp³-hybridized carbons (Fsp3) is 0.391. The average Bonchev–Trinajstić information content (AvgIpc) is 3.50. The van der Waals surface area contributed by atoms with Crippen molar-refractivity contribution in [3.8, 4) is 0 Å². The van der Waals surface area contributed by atoms with Crippen LogP contribution in [0.15, 0.2) is 30.3 Å². The standard InChI is InChI=1S/C23H23Cl2N3O4S/c1-23(2)31-10-15(32-23)22(30)28(3)19-12-7-5-4-6-11(12)8-13(19)27-21(29)14-9-16-18(26-14)17(24)20(25)33-16/h4-7,9,13,15,19,26H,8,10H2,1-3H3,(H,27,29)/t13-,15+,19-/m1/s1. The van der Waals surface area contributed by atoms with Crippen molar-refractivity contribution in [2.24, 2.45) is 0 Å². The molecular formula is C23H23Cl2N3O4S. The molecule has 3 aromatic rings. The summed E-state index contributed by atoms with van der Waals surface area (Å²) in [6.07, 6.45) is -0.0736. The molecule has 1 aliphatic carbocycles. The van der Waals surface area contributed by atoms with Crippen LogP contribution < -0.4 is 5.32 Å². The summed E-state index contributed by atoms with van der Waals surface area (Å²) in [5.74, 6) is -1.24. The Morgan fingerprint density at radius 2 is 2.03 bits per heavy atom. The summed E-state index contributed by atoms with van der Waals surface area (Å²) < 4.78 is 12.7. The average molecular weight is 508 g/mol. The van der Waals surface area contributed by atoms with Gasteiger partial charge >= 0.3 is 0 Å². The van der Waals surface area contributed by atoms with Gasteiger partial charge in [0.25, 0.3) is 11.8 Å². The summed E-state index contributed by atoms with van der Waals surface area (Å²) in [6.45, 7) is 3.77. The maximum absolute atomic E-state index is 13.3. The van der Waals surface area contributed by atoms with E-state index in [1.54, 1.807) is 31.9 Å². The zero-order valence-electron chi connectivity index (χ0n) is 18.3. The lowest BCUT2D eigenvalue weighted by atomic mass is 10.0. The van der Waals surface area contributed by atoms with E-state index in [9.17, 15) is 9.59 Å². The number of hydrogen-bond acceptors (Lipinski definition) is 5. The minimum absolute atomic E-state index is 0.177. The van der Waals surface area contributed by atoms with Gasteiger partial charge in [-0.1, -0.05) is 47.5 Å². The normalized spacial score (nSPS) is 23.6. The number of rotatable bonds is 4. The number of H-pyrrole nitrogens is 1. The van der Waals surface area contributed by atoms with E-state index in [1.807, 2.05) is 24.3 Å². The smallest absolute Gasteiger partial charge is 0.268 e. The highest BCUT2D eigenvalue weighted by Crippen LogP contribution is 2.40. The summed E-state index contributed by atoms with van der Waals surface area (Å²) in [6, 6.07) is 9.03. The summed E-state index contributed by atoms with van der Waals surface area (Å²) >= 11 is 13.6. The highest BCUT2D eigenvalue weighted by atomic mass is 35.5. The molecule has 0 bridgehead atoms. The number of carbonyl (C=O) groups is 2. The highest BCUT2D eigenvalue weighted by molar-refractivity contribution is 7.23. The second-order valence-electron chi connectivity index (χ2n) is 8.81. The molecule has 0 unspecified atom stereocenters. The topological polar surface area (TPSA) is 83.7 Å². The van der Waals surface area contributed by atoms with Crippen LogP contribution in [0.3, 0.4) is 0 Å². The predicted molar refractivity (Wildman–Crippen MR) is 128 cm³/mol. The van der Waals surface area contributed by atoms with Gasteiger partial charge in [-0.2, -0.15) is 0 Å². The number of fused-ring (bicyclic) bond motifs is 2. The van der Waals surface area contributed by atoms with Gasteiger partial charge in [0.2, 0.25) is 0 Å². The Morgan fingerprint density at radius 1 is 1.27 bits per heavy atom. The highest BCUT2D eigenvalue weighted by Gasteiger charge is 2.43. The van der Waals surface area contributed by atoms with Gasteiger partial charge in [-0.15, -0.1) is 11.3 Å². The number of ether oxygens (including phenoxy) is 2. The van der Waals surface area contributed by atoms with Crippen molar-refractivity contribution in [1.29, 1.82) is 0 Å². The minimum Gasteiger partial charge on any atom is -0.349 e. The number of amides is 2. The lowest BCUT2D eigenvalue weighted by molar-refractivity contribution is -0.161. The monoisotopic (exact) mass is 507 g/mol. The molecule has 2 N–H and O–H groups in total. The number of nitrogens with zero attached hydrogens (tertiary/aromatic N) is 1. The van der Waals surface area contributed by atoms with Crippen LogP contribution >= 0.6 is 34.5 Å². The number of benzene rings is 1. The van der Waals surface area contributed by atoms with Crippen LogP contribution in [0.4, 0.5) is 0 Å². The number of thiophene rings is 1. The van der Waals surface area contributed by atoms with Crippen LogP contribution in [-0.2, 0) is 20.7 Å². The molecule has 2 aliphatic rings. The second-order valence-corrected chi connectivity index (χ2v) is 10.8.